The van der Waals surface area contributed by atoms with Gasteiger partial charge in [-0.25, -0.2) is 0 Å². The molecule has 0 atom stereocenters. The molecule has 0 fully saturated rings. The van der Waals surface area contributed by atoms with Gasteiger partial charge in [0, 0.05) is 5.69 Å². The smallest absolute Gasteiger partial charge is 0.266 e. The van der Waals surface area contributed by atoms with Crippen LogP contribution < -0.4 is 15.2 Å². The molecule has 0 heterocycles. The number of hydrogen-bond acceptors (Lipinski definition) is 5. The van der Waals surface area contributed by atoms with E-state index in [1.165, 1.54) is 18.2 Å². The van der Waals surface area contributed by atoms with Crippen LogP contribution in [0.5, 0.6) is 5.75 Å². The number of aryl methyl sites for hydroxylation is 1. The van der Waals surface area contributed by atoms with Crippen molar-refractivity contribution in [2.24, 2.45) is 0 Å². The van der Waals surface area contributed by atoms with Crippen molar-refractivity contribution < 1.29 is 19.4 Å². The Kier molecular flexibility index (Phi) is 6.82. The average Bonchev–Trinajstić information content (AvgIpc) is 2.78. The molecular formula is C25H19N2O4-. The highest BCUT2D eigenvalue weighted by Crippen LogP contribution is 2.18. The molecule has 0 aliphatic carbocycles. The first-order valence-corrected chi connectivity index (χ1v) is 9.48. The lowest BCUT2D eigenvalue weighted by Gasteiger charge is -2.09. The fourth-order valence-corrected chi connectivity index (χ4v) is 2.83. The summed E-state index contributed by atoms with van der Waals surface area (Å²) in [7, 11) is 0. The predicted octanol–water partition coefficient (Wildman–Crippen LogP) is 3.48. The molecule has 6 heteroatoms. The van der Waals surface area contributed by atoms with Crippen molar-refractivity contribution >= 4 is 23.6 Å². The second-order valence-corrected chi connectivity index (χ2v) is 6.78. The molecule has 0 bridgehead atoms. The number of benzene rings is 3. The van der Waals surface area contributed by atoms with Crippen molar-refractivity contribution in [2.45, 2.75) is 13.5 Å². The van der Waals surface area contributed by atoms with Gasteiger partial charge in [-0.1, -0.05) is 48.5 Å². The van der Waals surface area contributed by atoms with Crippen molar-refractivity contribution in [3.05, 3.63) is 101 Å². The fourth-order valence-electron chi connectivity index (χ4n) is 2.83. The summed E-state index contributed by atoms with van der Waals surface area (Å²) in [6.07, 6.45) is 1.50. The van der Waals surface area contributed by atoms with Gasteiger partial charge in [0.15, 0.2) is 0 Å². The van der Waals surface area contributed by atoms with E-state index in [-0.39, 0.29) is 17.7 Å². The van der Waals surface area contributed by atoms with Crippen LogP contribution in [-0.4, -0.2) is 11.9 Å². The quantitative estimate of drug-likeness (QED) is 0.474. The Morgan fingerprint density at radius 1 is 1.06 bits per heavy atom. The first kappa shape index (κ1) is 21.3. The number of rotatable bonds is 7. The summed E-state index contributed by atoms with van der Waals surface area (Å²) in [5, 5.41) is 23.1. The number of carboxylic acids is 1. The third-order valence-electron chi connectivity index (χ3n) is 4.52. The molecule has 0 saturated carbocycles. The molecule has 31 heavy (non-hydrogen) atoms. The number of nitriles is 1. The van der Waals surface area contributed by atoms with Gasteiger partial charge < -0.3 is 20.0 Å². The normalized spacial score (nSPS) is 10.8. The molecule has 0 radical (unpaired) electrons. The van der Waals surface area contributed by atoms with Gasteiger partial charge in [-0.15, -0.1) is 0 Å². The van der Waals surface area contributed by atoms with Crippen LogP contribution in [-0.2, 0) is 11.4 Å². The van der Waals surface area contributed by atoms with Crippen molar-refractivity contribution in [1.82, 2.24) is 0 Å². The first-order chi connectivity index (χ1) is 15.0. The van der Waals surface area contributed by atoms with E-state index in [2.05, 4.69) is 5.32 Å². The minimum Gasteiger partial charge on any atom is -0.545 e. The molecule has 3 rings (SSSR count). The van der Waals surface area contributed by atoms with E-state index >= 15 is 0 Å². The summed E-state index contributed by atoms with van der Waals surface area (Å²) in [5.74, 6) is -1.15. The minimum absolute atomic E-state index is 0.0176. The Labute approximate surface area is 180 Å². The van der Waals surface area contributed by atoms with Gasteiger partial charge >= 0.3 is 0 Å². The SMILES string of the molecule is Cc1ccccc1NC(=O)/C(C#N)=C\c1ccc(OCc2cccc(C(=O)[O-])c2)cc1. The second kappa shape index (κ2) is 9.90. The second-order valence-electron chi connectivity index (χ2n) is 6.78. The van der Waals surface area contributed by atoms with Crippen molar-refractivity contribution in [3.63, 3.8) is 0 Å². The van der Waals surface area contributed by atoms with Gasteiger partial charge in [0.2, 0.25) is 0 Å². The van der Waals surface area contributed by atoms with Crippen LogP contribution >= 0.6 is 0 Å². The Bertz CT molecular complexity index is 1170. The van der Waals surface area contributed by atoms with Crippen LogP contribution in [0.2, 0.25) is 0 Å². The van der Waals surface area contributed by atoms with Crippen LogP contribution in [0.1, 0.15) is 27.0 Å². The largest absolute Gasteiger partial charge is 0.545 e. The highest BCUT2D eigenvalue weighted by molar-refractivity contribution is 6.09. The Hall–Kier alpha value is -4.37. The number of carboxylic acid groups (broad SMARTS) is 1. The maximum absolute atomic E-state index is 12.4. The Balaban J connectivity index is 1.65. The van der Waals surface area contributed by atoms with E-state index in [1.807, 2.05) is 31.2 Å². The molecular weight excluding hydrogens is 392 g/mol. The standard InChI is InChI=1S/C25H20N2O4/c1-17-5-2-3-8-23(17)27-24(28)21(15-26)13-18-9-11-22(12-10-18)31-16-19-6-4-7-20(14-19)25(29)30/h2-14H,16H2,1H3,(H,27,28)(H,29,30)/p-1/b21-13-. The summed E-state index contributed by atoms with van der Waals surface area (Å²) in [6.45, 7) is 2.07. The van der Waals surface area contributed by atoms with Gasteiger partial charge in [-0.3, -0.25) is 4.79 Å². The molecule has 0 spiro atoms. The third kappa shape index (κ3) is 5.81. The maximum Gasteiger partial charge on any atom is 0.266 e. The first-order valence-electron chi connectivity index (χ1n) is 9.48. The van der Waals surface area contributed by atoms with Gasteiger partial charge in [0.1, 0.15) is 24.0 Å². The molecule has 1 N–H and O–H groups in total. The molecule has 0 aliphatic heterocycles. The number of hydrogen-bond donors (Lipinski definition) is 1. The van der Waals surface area contributed by atoms with Crippen molar-refractivity contribution in [1.29, 1.82) is 5.26 Å². The van der Waals surface area contributed by atoms with Crippen LogP contribution in [0.15, 0.2) is 78.4 Å². The average molecular weight is 411 g/mol. The van der Waals surface area contributed by atoms with Gasteiger partial charge in [0.25, 0.3) is 5.91 Å². The zero-order valence-corrected chi connectivity index (χ0v) is 16.8. The zero-order chi connectivity index (χ0) is 22.2. The van der Waals surface area contributed by atoms with Crippen LogP contribution in [0.3, 0.4) is 0 Å². The Morgan fingerprint density at radius 2 is 1.81 bits per heavy atom. The minimum atomic E-state index is -1.24. The molecule has 0 unspecified atom stereocenters. The summed E-state index contributed by atoms with van der Waals surface area (Å²) in [4.78, 5) is 23.4. The summed E-state index contributed by atoms with van der Waals surface area (Å²) < 4.78 is 5.67. The molecule has 6 nitrogen and oxygen atoms in total. The highest BCUT2D eigenvalue weighted by Gasteiger charge is 2.10. The number of carbonyl (C=O) groups excluding carboxylic acids is 2. The topological polar surface area (TPSA) is 102 Å². The van der Waals surface area contributed by atoms with E-state index in [9.17, 15) is 20.0 Å². The van der Waals surface area contributed by atoms with Crippen LogP contribution in [0, 0.1) is 18.3 Å². The molecule has 0 saturated heterocycles. The lowest BCUT2D eigenvalue weighted by atomic mass is 10.1. The van der Waals surface area contributed by atoms with E-state index in [4.69, 9.17) is 4.74 Å². The number of nitrogens with one attached hydrogen (secondary N) is 1. The number of aromatic carboxylic acids is 1. The number of anilines is 1. The van der Waals surface area contributed by atoms with E-state index in [0.717, 1.165) is 5.56 Å². The number of amides is 1. The number of para-hydroxylation sites is 1. The summed E-state index contributed by atoms with van der Waals surface area (Å²) in [6, 6.07) is 22.5. The zero-order valence-electron chi connectivity index (χ0n) is 16.8. The van der Waals surface area contributed by atoms with Crippen molar-refractivity contribution in [2.75, 3.05) is 5.32 Å². The molecule has 0 aromatic heterocycles. The fraction of sp³-hybridized carbons (Fsp3) is 0.0800. The molecule has 3 aromatic rings. The highest BCUT2D eigenvalue weighted by atomic mass is 16.5. The summed E-state index contributed by atoms with van der Waals surface area (Å²) in [5.41, 5.74) is 3.00. The summed E-state index contributed by atoms with van der Waals surface area (Å²) >= 11 is 0. The van der Waals surface area contributed by atoms with Crippen molar-refractivity contribution in [3.8, 4) is 11.8 Å². The number of nitrogens with zero attached hydrogens (tertiary/aromatic N) is 1. The van der Waals surface area contributed by atoms with E-state index < -0.39 is 11.9 Å². The molecule has 154 valence electrons. The number of ether oxygens (including phenoxy) is 1. The van der Waals surface area contributed by atoms with Gasteiger partial charge in [0.05, 0.1) is 5.97 Å². The molecule has 3 aromatic carbocycles. The lowest BCUT2D eigenvalue weighted by molar-refractivity contribution is -0.255. The van der Waals surface area contributed by atoms with Gasteiger partial charge in [-0.05, 0) is 59.5 Å². The van der Waals surface area contributed by atoms with Gasteiger partial charge in [-0.2, -0.15) is 5.26 Å². The lowest BCUT2D eigenvalue weighted by Crippen LogP contribution is -2.22. The number of carbonyl (C=O) groups is 2. The van der Waals surface area contributed by atoms with Crippen LogP contribution in [0.4, 0.5) is 5.69 Å². The predicted molar refractivity (Wildman–Crippen MR) is 115 cm³/mol. The monoisotopic (exact) mass is 411 g/mol. The Morgan fingerprint density at radius 3 is 2.48 bits per heavy atom. The van der Waals surface area contributed by atoms with E-state index in [1.54, 1.807) is 42.5 Å². The molecule has 1 amide bonds. The van der Waals surface area contributed by atoms with Crippen LogP contribution in [0.25, 0.3) is 6.08 Å². The maximum atomic E-state index is 12.4. The third-order valence-corrected chi connectivity index (χ3v) is 4.52. The molecule has 0 aliphatic rings. The van der Waals surface area contributed by atoms with E-state index in [0.29, 0.717) is 22.6 Å².